The molecule has 0 bridgehead atoms. The van der Waals surface area contributed by atoms with Crippen molar-refractivity contribution in [1.82, 2.24) is 4.90 Å². The first-order chi connectivity index (χ1) is 8.60. The first-order valence-corrected chi connectivity index (χ1v) is 7.16. The van der Waals surface area contributed by atoms with E-state index < -0.39 is 0 Å². The Morgan fingerprint density at radius 3 is 2.56 bits per heavy atom. The summed E-state index contributed by atoms with van der Waals surface area (Å²) in [5.74, 6) is 0.600. The van der Waals surface area contributed by atoms with Crippen molar-refractivity contribution >= 4 is 0 Å². The molecular weight excluding hydrogens is 220 g/mol. The lowest BCUT2D eigenvalue weighted by molar-refractivity contribution is 0.140. The zero-order valence-electron chi connectivity index (χ0n) is 11.9. The molecule has 1 fully saturated rings. The minimum Gasteiger partial charge on any atom is -0.327 e. The third-order valence-electron chi connectivity index (χ3n) is 4.27. The fraction of sp³-hybridized carbons (Fsp3) is 0.625. The number of nitrogens with zero attached hydrogens (tertiary/aromatic N) is 1. The molecule has 18 heavy (non-hydrogen) atoms. The standard InChI is InChI=1S/C16H26N2/c1-4-13(3)18-10-15(9-16(17)11-18)14-7-5-12(2)6-8-14/h5-8,13,15-16H,4,9-11,17H2,1-3H3. The van der Waals surface area contributed by atoms with E-state index in [1.165, 1.54) is 17.5 Å². The Balaban J connectivity index is 2.10. The molecule has 0 amide bonds. The van der Waals surface area contributed by atoms with Crippen LogP contribution in [0.4, 0.5) is 0 Å². The Labute approximate surface area is 111 Å². The Morgan fingerprint density at radius 1 is 1.28 bits per heavy atom. The summed E-state index contributed by atoms with van der Waals surface area (Å²) in [6.45, 7) is 8.92. The SMILES string of the molecule is CCC(C)N1CC(N)CC(c2ccc(C)cc2)C1. The van der Waals surface area contributed by atoms with Gasteiger partial charge in [-0.05, 0) is 38.2 Å². The second kappa shape index (κ2) is 5.85. The van der Waals surface area contributed by atoms with E-state index in [1.54, 1.807) is 0 Å². The largest absolute Gasteiger partial charge is 0.327 e. The molecule has 3 atom stereocenters. The molecule has 2 nitrogen and oxygen atoms in total. The summed E-state index contributed by atoms with van der Waals surface area (Å²) >= 11 is 0. The van der Waals surface area contributed by atoms with Crippen molar-refractivity contribution in [3.63, 3.8) is 0 Å². The molecule has 1 aliphatic rings. The van der Waals surface area contributed by atoms with Crippen LogP contribution in [0.2, 0.25) is 0 Å². The smallest absolute Gasteiger partial charge is 0.0174 e. The van der Waals surface area contributed by atoms with Crippen molar-refractivity contribution in [2.24, 2.45) is 5.73 Å². The number of aryl methyl sites for hydroxylation is 1. The van der Waals surface area contributed by atoms with Crippen LogP contribution in [0.1, 0.15) is 43.7 Å². The fourth-order valence-corrected chi connectivity index (χ4v) is 2.87. The van der Waals surface area contributed by atoms with Crippen LogP contribution in [0.25, 0.3) is 0 Å². The molecular formula is C16H26N2. The van der Waals surface area contributed by atoms with Gasteiger partial charge >= 0.3 is 0 Å². The van der Waals surface area contributed by atoms with Gasteiger partial charge in [0.25, 0.3) is 0 Å². The lowest BCUT2D eigenvalue weighted by atomic mass is 9.87. The Hall–Kier alpha value is -0.860. The second-order valence-corrected chi connectivity index (χ2v) is 5.81. The number of nitrogens with two attached hydrogens (primary N) is 1. The minimum atomic E-state index is 0.319. The molecule has 0 radical (unpaired) electrons. The number of rotatable bonds is 3. The Kier molecular flexibility index (Phi) is 4.41. The van der Waals surface area contributed by atoms with Gasteiger partial charge in [0.15, 0.2) is 0 Å². The van der Waals surface area contributed by atoms with E-state index in [1.807, 2.05) is 0 Å². The van der Waals surface area contributed by atoms with Crippen LogP contribution in [0, 0.1) is 6.92 Å². The lowest BCUT2D eigenvalue weighted by Gasteiger charge is -2.39. The summed E-state index contributed by atoms with van der Waals surface area (Å²) in [4.78, 5) is 2.55. The predicted octanol–water partition coefficient (Wildman–Crippen LogP) is 2.91. The van der Waals surface area contributed by atoms with Crippen molar-refractivity contribution in [2.45, 2.75) is 51.6 Å². The summed E-state index contributed by atoms with van der Waals surface area (Å²) in [6, 6.07) is 9.93. The van der Waals surface area contributed by atoms with E-state index in [0.29, 0.717) is 18.0 Å². The average molecular weight is 246 g/mol. The fourth-order valence-electron chi connectivity index (χ4n) is 2.87. The van der Waals surface area contributed by atoms with Crippen LogP contribution in [0.3, 0.4) is 0 Å². The monoisotopic (exact) mass is 246 g/mol. The second-order valence-electron chi connectivity index (χ2n) is 5.81. The van der Waals surface area contributed by atoms with Crippen molar-refractivity contribution < 1.29 is 0 Å². The molecule has 1 aromatic carbocycles. The zero-order chi connectivity index (χ0) is 13.1. The molecule has 0 saturated carbocycles. The number of benzene rings is 1. The van der Waals surface area contributed by atoms with Gasteiger partial charge in [-0.2, -0.15) is 0 Å². The molecule has 1 saturated heterocycles. The van der Waals surface area contributed by atoms with Gasteiger partial charge in [-0.25, -0.2) is 0 Å². The summed E-state index contributed by atoms with van der Waals surface area (Å²) in [7, 11) is 0. The van der Waals surface area contributed by atoms with Crippen LogP contribution in [0.5, 0.6) is 0 Å². The number of hydrogen-bond acceptors (Lipinski definition) is 2. The van der Waals surface area contributed by atoms with E-state index in [2.05, 4.69) is 49.9 Å². The van der Waals surface area contributed by atoms with Gasteiger partial charge in [0.2, 0.25) is 0 Å². The maximum absolute atomic E-state index is 6.23. The van der Waals surface area contributed by atoms with Crippen molar-refractivity contribution in [3.8, 4) is 0 Å². The normalized spacial score (nSPS) is 27.1. The van der Waals surface area contributed by atoms with Gasteiger partial charge in [-0.3, -0.25) is 4.90 Å². The molecule has 0 spiro atoms. The molecule has 0 aliphatic carbocycles. The van der Waals surface area contributed by atoms with E-state index in [9.17, 15) is 0 Å². The average Bonchev–Trinajstić information content (AvgIpc) is 2.38. The summed E-state index contributed by atoms with van der Waals surface area (Å²) in [5.41, 5.74) is 9.01. The van der Waals surface area contributed by atoms with E-state index in [4.69, 9.17) is 5.73 Å². The third kappa shape index (κ3) is 3.12. The van der Waals surface area contributed by atoms with Crippen LogP contribution in [-0.4, -0.2) is 30.1 Å². The molecule has 2 heteroatoms. The Morgan fingerprint density at radius 2 is 1.94 bits per heavy atom. The van der Waals surface area contributed by atoms with E-state index >= 15 is 0 Å². The first-order valence-electron chi connectivity index (χ1n) is 7.16. The molecule has 1 aromatic rings. The van der Waals surface area contributed by atoms with Crippen LogP contribution >= 0.6 is 0 Å². The highest BCUT2D eigenvalue weighted by Gasteiger charge is 2.28. The summed E-state index contributed by atoms with van der Waals surface area (Å²) < 4.78 is 0. The Bertz CT molecular complexity index is 371. The molecule has 1 heterocycles. The third-order valence-corrected chi connectivity index (χ3v) is 4.27. The minimum absolute atomic E-state index is 0.319. The van der Waals surface area contributed by atoms with Gasteiger partial charge in [0.1, 0.15) is 0 Å². The van der Waals surface area contributed by atoms with Crippen molar-refractivity contribution in [3.05, 3.63) is 35.4 Å². The molecule has 100 valence electrons. The molecule has 2 N–H and O–H groups in total. The summed E-state index contributed by atoms with van der Waals surface area (Å²) in [6.07, 6.45) is 2.32. The number of hydrogen-bond donors (Lipinski definition) is 1. The van der Waals surface area contributed by atoms with Gasteiger partial charge in [0.05, 0.1) is 0 Å². The maximum atomic E-state index is 6.23. The number of likely N-dealkylation sites (tertiary alicyclic amines) is 1. The highest BCUT2D eigenvalue weighted by molar-refractivity contribution is 5.25. The predicted molar refractivity (Wildman–Crippen MR) is 77.8 cm³/mol. The lowest BCUT2D eigenvalue weighted by Crippen LogP contribution is -2.49. The zero-order valence-corrected chi connectivity index (χ0v) is 11.9. The van der Waals surface area contributed by atoms with Crippen molar-refractivity contribution in [1.29, 1.82) is 0 Å². The highest BCUT2D eigenvalue weighted by Crippen LogP contribution is 2.28. The maximum Gasteiger partial charge on any atom is 0.0174 e. The van der Waals surface area contributed by atoms with Gasteiger partial charge in [0, 0.05) is 25.2 Å². The van der Waals surface area contributed by atoms with Gasteiger partial charge < -0.3 is 5.73 Å². The quantitative estimate of drug-likeness (QED) is 0.888. The number of piperidine rings is 1. The molecule has 1 aliphatic heterocycles. The molecule has 3 unspecified atom stereocenters. The molecule has 0 aromatic heterocycles. The van der Waals surface area contributed by atoms with Gasteiger partial charge in [-0.1, -0.05) is 36.8 Å². The van der Waals surface area contributed by atoms with E-state index in [0.717, 1.165) is 19.5 Å². The van der Waals surface area contributed by atoms with E-state index in [-0.39, 0.29) is 0 Å². The van der Waals surface area contributed by atoms with Crippen LogP contribution in [-0.2, 0) is 0 Å². The van der Waals surface area contributed by atoms with Gasteiger partial charge in [-0.15, -0.1) is 0 Å². The highest BCUT2D eigenvalue weighted by atomic mass is 15.2. The summed E-state index contributed by atoms with van der Waals surface area (Å²) in [5, 5.41) is 0. The molecule has 2 rings (SSSR count). The topological polar surface area (TPSA) is 29.3 Å². The van der Waals surface area contributed by atoms with Crippen LogP contribution < -0.4 is 5.73 Å². The van der Waals surface area contributed by atoms with Crippen molar-refractivity contribution in [2.75, 3.05) is 13.1 Å². The van der Waals surface area contributed by atoms with Crippen LogP contribution in [0.15, 0.2) is 24.3 Å². The first kappa shape index (κ1) is 13.6.